The summed E-state index contributed by atoms with van der Waals surface area (Å²) < 4.78 is 0. The lowest BCUT2D eigenvalue weighted by atomic mass is 9.95. The zero-order valence-electron chi connectivity index (χ0n) is 14.6. The molecule has 0 aromatic heterocycles. The van der Waals surface area contributed by atoms with Crippen LogP contribution in [0.2, 0.25) is 15.1 Å². The third-order valence-electron chi connectivity index (χ3n) is 4.81. The van der Waals surface area contributed by atoms with Crippen molar-refractivity contribution in [1.82, 2.24) is 4.90 Å². The van der Waals surface area contributed by atoms with Gasteiger partial charge in [0.2, 0.25) is 5.91 Å². The van der Waals surface area contributed by atoms with E-state index in [0.29, 0.717) is 15.1 Å². The summed E-state index contributed by atoms with van der Waals surface area (Å²) in [6.45, 7) is 4.45. The molecule has 0 radical (unpaired) electrons. The number of likely N-dealkylation sites (tertiary alicyclic amines) is 1. The van der Waals surface area contributed by atoms with Crippen molar-refractivity contribution in [2.24, 2.45) is 5.92 Å². The van der Waals surface area contributed by atoms with Crippen molar-refractivity contribution in [2.45, 2.75) is 26.3 Å². The van der Waals surface area contributed by atoms with Crippen LogP contribution in [0.3, 0.4) is 0 Å². The lowest BCUT2D eigenvalue weighted by Gasteiger charge is -2.31. The number of rotatable bonds is 4. The van der Waals surface area contributed by atoms with E-state index in [1.807, 2.05) is 31.2 Å². The first kappa shape index (κ1) is 19.5. The summed E-state index contributed by atoms with van der Waals surface area (Å²) in [7, 11) is 0. The lowest BCUT2D eigenvalue weighted by Crippen LogP contribution is -2.37. The van der Waals surface area contributed by atoms with Gasteiger partial charge in [-0.3, -0.25) is 9.69 Å². The topological polar surface area (TPSA) is 32.3 Å². The first-order valence-electron chi connectivity index (χ1n) is 8.65. The number of hydrogen-bond donors (Lipinski definition) is 1. The van der Waals surface area contributed by atoms with Crippen LogP contribution in [-0.4, -0.2) is 23.9 Å². The predicted molar refractivity (Wildman–Crippen MR) is 109 cm³/mol. The van der Waals surface area contributed by atoms with Gasteiger partial charge >= 0.3 is 0 Å². The van der Waals surface area contributed by atoms with Crippen molar-refractivity contribution in [1.29, 1.82) is 0 Å². The van der Waals surface area contributed by atoms with Gasteiger partial charge in [-0.05, 0) is 68.2 Å². The van der Waals surface area contributed by atoms with Crippen molar-refractivity contribution < 1.29 is 4.79 Å². The molecule has 26 heavy (non-hydrogen) atoms. The fraction of sp³-hybridized carbons (Fsp3) is 0.350. The van der Waals surface area contributed by atoms with Crippen LogP contribution >= 0.6 is 34.8 Å². The third-order valence-corrected chi connectivity index (χ3v) is 5.80. The van der Waals surface area contributed by atoms with E-state index in [0.717, 1.165) is 49.3 Å². The molecule has 3 rings (SSSR count). The van der Waals surface area contributed by atoms with Crippen molar-refractivity contribution >= 4 is 46.4 Å². The van der Waals surface area contributed by atoms with Crippen LogP contribution < -0.4 is 5.32 Å². The summed E-state index contributed by atoms with van der Waals surface area (Å²) in [4.78, 5) is 14.8. The molecule has 6 heteroatoms. The van der Waals surface area contributed by atoms with Crippen LogP contribution in [0.1, 0.15) is 24.0 Å². The summed E-state index contributed by atoms with van der Waals surface area (Å²) in [6, 6.07) is 11.2. The minimum Gasteiger partial charge on any atom is -0.326 e. The Morgan fingerprint density at radius 3 is 2.46 bits per heavy atom. The van der Waals surface area contributed by atoms with Gasteiger partial charge in [-0.1, -0.05) is 46.9 Å². The van der Waals surface area contributed by atoms with E-state index in [9.17, 15) is 4.79 Å². The number of aryl methyl sites for hydroxylation is 1. The van der Waals surface area contributed by atoms with Crippen LogP contribution in [0.25, 0.3) is 0 Å². The number of benzene rings is 2. The Kier molecular flexibility index (Phi) is 6.46. The van der Waals surface area contributed by atoms with Crippen molar-refractivity contribution in [3.63, 3.8) is 0 Å². The Balaban J connectivity index is 1.52. The minimum absolute atomic E-state index is 0.0204. The van der Waals surface area contributed by atoms with Gasteiger partial charge in [0.05, 0.1) is 0 Å². The average molecular weight is 412 g/mol. The second-order valence-electron chi connectivity index (χ2n) is 6.74. The van der Waals surface area contributed by atoms with E-state index in [2.05, 4.69) is 10.2 Å². The Labute approximate surface area is 169 Å². The van der Waals surface area contributed by atoms with Gasteiger partial charge < -0.3 is 5.32 Å². The predicted octanol–water partition coefficient (Wildman–Crippen LogP) is 5.81. The molecule has 1 N–H and O–H groups in total. The Hall–Kier alpha value is -1.26. The van der Waals surface area contributed by atoms with Crippen LogP contribution in [0.5, 0.6) is 0 Å². The largest absolute Gasteiger partial charge is 0.326 e. The molecule has 3 nitrogen and oxygen atoms in total. The fourth-order valence-electron chi connectivity index (χ4n) is 3.16. The SMILES string of the molecule is Cc1ccc(NC(=O)C2CCN(Cc3ccc(Cl)cc3Cl)CC2)cc1Cl. The van der Waals surface area contributed by atoms with E-state index in [4.69, 9.17) is 34.8 Å². The first-order valence-corrected chi connectivity index (χ1v) is 9.79. The number of anilines is 1. The normalized spacial score (nSPS) is 15.8. The molecular formula is C20H21Cl3N2O. The molecule has 0 unspecified atom stereocenters. The number of amides is 1. The second-order valence-corrected chi connectivity index (χ2v) is 7.99. The van der Waals surface area contributed by atoms with Gasteiger partial charge in [-0.2, -0.15) is 0 Å². The highest BCUT2D eigenvalue weighted by Crippen LogP contribution is 2.26. The molecule has 1 amide bonds. The van der Waals surface area contributed by atoms with Crippen LogP contribution in [-0.2, 0) is 11.3 Å². The molecule has 1 aliphatic rings. The number of nitrogens with zero attached hydrogens (tertiary/aromatic N) is 1. The molecular weight excluding hydrogens is 391 g/mol. The maximum absolute atomic E-state index is 12.5. The van der Waals surface area contributed by atoms with E-state index in [1.54, 1.807) is 12.1 Å². The van der Waals surface area contributed by atoms with Gasteiger partial charge in [0.1, 0.15) is 0 Å². The van der Waals surface area contributed by atoms with Gasteiger partial charge in [-0.15, -0.1) is 0 Å². The fourth-order valence-corrected chi connectivity index (χ4v) is 3.81. The van der Waals surface area contributed by atoms with Crippen LogP contribution in [0, 0.1) is 12.8 Å². The Morgan fingerprint density at radius 1 is 1.08 bits per heavy atom. The summed E-state index contributed by atoms with van der Waals surface area (Å²) >= 11 is 18.3. The van der Waals surface area contributed by atoms with Gasteiger partial charge in [0.15, 0.2) is 0 Å². The average Bonchev–Trinajstić information content (AvgIpc) is 2.61. The maximum Gasteiger partial charge on any atom is 0.227 e. The standard InChI is InChI=1S/C20H21Cl3N2O/c1-13-2-5-17(11-18(13)22)24-20(26)14-6-8-25(9-7-14)12-15-3-4-16(21)10-19(15)23/h2-5,10-11,14H,6-9,12H2,1H3,(H,24,26). The molecule has 1 aliphatic heterocycles. The highest BCUT2D eigenvalue weighted by molar-refractivity contribution is 6.35. The molecule has 138 valence electrons. The zero-order chi connectivity index (χ0) is 18.7. The number of nitrogens with one attached hydrogen (secondary N) is 1. The summed E-state index contributed by atoms with van der Waals surface area (Å²) in [6.07, 6.45) is 1.66. The molecule has 1 heterocycles. The molecule has 0 aliphatic carbocycles. The number of halogens is 3. The van der Waals surface area contributed by atoms with Gasteiger partial charge in [0, 0.05) is 33.2 Å². The number of piperidine rings is 1. The molecule has 0 bridgehead atoms. The third kappa shape index (κ3) is 4.92. The molecule has 0 atom stereocenters. The Morgan fingerprint density at radius 2 is 1.81 bits per heavy atom. The highest BCUT2D eigenvalue weighted by atomic mass is 35.5. The van der Waals surface area contributed by atoms with Crippen molar-refractivity contribution in [2.75, 3.05) is 18.4 Å². The van der Waals surface area contributed by atoms with Crippen molar-refractivity contribution in [3.05, 3.63) is 62.6 Å². The molecule has 0 spiro atoms. The van der Waals surface area contributed by atoms with E-state index < -0.39 is 0 Å². The molecule has 1 fully saturated rings. The molecule has 2 aromatic rings. The quantitative estimate of drug-likeness (QED) is 0.689. The van der Waals surface area contributed by atoms with Crippen molar-refractivity contribution in [3.8, 4) is 0 Å². The maximum atomic E-state index is 12.5. The first-order chi connectivity index (χ1) is 12.4. The summed E-state index contributed by atoms with van der Waals surface area (Å²) in [5.74, 6) is 0.0844. The smallest absolute Gasteiger partial charge is 0.227 e. The van der Waals surface area contributed by atoms with Gasteiger partial charge in [-0.25, -0.2) is 0 Å². The summed E-state index contributed by atoms with van der Waals surface area (Å²) in [5, 5.41) is 4.98. The van der Waals surface area contributed by atoms with Gasteiger partial charge in [0.25, 0.3) is 0 Å². The molecule has 0 saturated carbocycles. The number of carbonyl (C=O) groups excluding carboxylic acids is 1. The summed E-state index contributed by atoms with van der Waals surface area (Å²) in [5.41, 5.74) is 2.81. The highest BCUT2D eigenvalue weighted by Gasteiger charge is 2.25. The van der Waals surface area contributed by atoms with E-state index in [-0.39, 0.29) is 11.8 Å². The van der Waals surface area contributed by atoms with E-state index in [1.165, 1.54) is 0 Å². The molecule has 2 aromatic carbocycles. The van der Waals surface area contributed by atoms with E-state index >= 15 is 0 Å². The molecule has 1 saturated heterocycles. The minimum atomic E-state index is 0.0204. The number of hydrogen-bond acceptors (Lipinski definition) is 2. The zero-order valence-corrected chi connectivity index (χ0v) is 16.8. The monoisotopic (exact) mass is 410 g/mol. The Bertz CT molecular complexity index is 802. The van der Waals surface area contributed by atoms with Crippen LogP contribution in [0.4, 0.5) is 5.69 Å². The lowest BCUT2D eigenvalue weighted by molar-refractivity contribution is -0.121. The number of carbonyl (C=O) groups is 1. The van der Waals surface area contributed by atoms with Crippen LogP contribution in [0.15, 0.2) is 36.4 Å². The second kappa shape index (κ2) is 8.62.